The summed E-state index contributed by atoms with van der Waals surface area (Å²) in [5.41, 5.74) is 7.66. The molecule has 0 unspecified atom stereocenters. The highest BCUT2D eigenvalue weighted by atomic mass is 35.5. The number of nitrogens with zero attached hydrogens (tertiary/aromatic N) is 1. The minimum absolute atomic E-state index is 0. The minimum Gasteiger partial charge on any atom is -0.495 e. The van der Waals surface area contributed by atoms with Gasteiger partial charge in [-0.25, -0.2) is 8.42 Å². The zero-order valence-electron chi connectivity index (χ0n) is 15.3. The van der Waals surface area contributed by atoms with E-state index < -0.39 is 10.0 Å². The lowest BCUT2D eigenvalue weighted by Gasteiger charge is -2.19. The molecule has 2 N–H and O–H groups in total. The van der Waals surface area contributed by atoms with Crippen LogP contribution in [-0.2, 0) is 10.0 Å². The molecule has 0 spiro atoms. The molecular formula is C19H24Cl2N2O3S. The summed E-state index contributed by atoms with van der Waals surface area (Å²) in [4.78, 5) is 0.216. The van der Waals surface area contributed by atoms with Crippen LogP contribution in [0.1, 0.15) is 17.0 Å². The standard InChI is InChI=1S/C19H23ClN2O3S.ClH/c1-13-8-18(25-2)17(20)9-19(13)26(23,24)22-11-15(10-21)16(12-22)14-6-4-3-5-7-14;/h3-9,15-16H,10-12,21H2,1-2H3;1H/t15-,16+;/m1./s1. The van der Waals surface area contributed by atoms with E-state index in [0.29, 0.717) is 30.9 Å². The molecule has 1 aliphatic rings. The Morgan fingerprint density at radius 3 is 2.48 bits per heavy atom. The molecular weight excluding hydrogens is 407 g/mol. The summed E-state index contributed by atoms with van der Waals surface area (Å²) in [6.07, 6.45) is 0. The van der Waals surface area contributed by atoms with Crippen molar-refractivity contribution in [3.05, 3.63) is 58.6 Å². The van der Waals surface area contributed by atoms with Crippen LogP contribution in [0.2, 0.25) is 5.02 Å². The molecule has 27 heavy (non-hydrogen) atoms. The van der Waals surface area contributed by atoms with Gasteiger partial charge in [-0.2, -0.15) is 4.31 Å². The number of hydrogen-bond acceptors (Lipinski definition) is 4. The highest BCUT2D eigenvalue weighted by Gasteiger charge is 2.40. The topological polar surface area (TPSA) is 72.6 Å². The van der Waals surface area contributed by atoms with Crippen LogP contribution >= 0.6 is 24.0 Å². The number of benzene rings is 2. The molecule has 3 rings (SSSR count). The summed E-state index contributed by atoms with van der Waals surface area (Å²) in [7, 11) is -2.16. The van der Waals surface area contributed by atoms with Crippen LogP contribution in [0.15, 0.2) is 47.4 Å². The molecule has 0 amide bonds. The first-order valence-corrected chi connectivity index (χ1v) is 10.3. The molecule has 0 radical (unpaired) electrons. The lowest BCUT2D eigenvalue weighted by molar-refractivity contribution is 0.414. The lowest BCUT2D eigenvalue weighted by Crippen LogP contribution is -2.30. The Labute approximate surface area is 171 Å². The summed E-state index contributed by atoms with van der Waals surface area (Å²) in [6, 6.07) is 13.1. The van der Waals surface area contributed by atoms with Crippen molar-refractivity contribution in [2.24, 2.45) is 11.7 Å². The molecule has 8 heteroatoms. The number of hydrogen-bond donors (Lipinski definition) is 1. The summed E-state index contributed by atoms with van der Waals surface area (Å²) < 4.78 is 33.2. The second kappa shape index (κ2) is 8.80. The summed E-state index contributed by atoms with van der Waals surface area (Å²) in [5, 5.41) is 0.283. The van der Waals surface area contributed by atoms with Crippen LogP contribution in [0.5, 0.6) is 5.75 Å². The second-order valence-corrected chi connectivity index (χ2v) is 8.90. The SMILES string of the molecule is COc1cc(C)c(S(=O)(=O)N2C[C@@H](CN)[C@H](c3ccccc3)C2)cc1Cl.Cl. The monoisotopic (exact) mass is 430 g/mol. The van der Waals surface area contributed by atoms with Gasteiger partial charge in [0.05, 0.1) is 17.0 Å². The molecule has 148 valence electrons. The lowest BCUT2D eigenvalue weighted by atomic mass is 9.89. The van der Waals surface area contributed by atoms with Gasteiger partial charge in [-0.3, -0.25) is 0 Å². The molecule has 2 atom stereocenters. The van der Waals surface area contributed by atoms with E-state index in [1.54, 1.807) is 13.0 Å². The fourth-order valence-corrected chi connectivity index (χ4v) is 5.62. The fraction of sp³-hybridized carbons (Fsp3) is 0.368. The molecule has 5 nitrogen and oxygen atoms in total. The van der Waals surface area contributed by atoms with Gasteiger partial charge in [0.25, 0.3) is 0 Å². The van der Waals surface area contributed by atoms with E-state index in [1.807, 2.05) is 30.3 Å². The van der Waals surface area contributed by atoms with Crippen LogP contribution in [0.4, 0.5) is 0 Å². The number of ether oxygens (including phenoxy) is 1. The van der Waals surface area contributed by atoms with E-state index >= 15 is 0 Å². The Kier molecular flexibility index (Phi) is 7.16. The zero-order chi connectivity index (χ0) is 18.9. The third kappa shape index (κ3) is 4.25. The maximum Gasteiger partial charge on any atom is 0.243 e. The van der Waals surface area contributed by atoms with Crippen molar-refractivity contribution in [2.45, 2.75) is 17.7 Å². The first-order valence-electron chi connectivity index (χ1n) is 8.47. The van der Waals surface area contributed by atoms with Crippen LogP contribution in [-0.4, -0.2) is 39.5 Å². The third-order valence-electron chi connectivity index (χ3n) is 5.01. The molecule has 1 saturated heterocycles. The highest BCUT2D eigenvalue weighted by molar-refractivity contribution is 7.89. The van der Waals surface area contributed by atoms with Gasteiger partial charge in [0.2, 0.25) is 10.0 Å². The van der Waals surface area contributed by atoms with Gasteiger partial charge in [0, 0.05) is 19.0 Å². The van der Waals surface area contributed by atoms with Crippen LogP contribution in [0, 0.1) is 12.8 Å². The van der Waals surface area contributed by atoms with Crippen molar-refractivity contribution in [1.29, 1.82) is 0 Å². The number of nitrogens with two attached hydrogens (primary N) is 1. The maximum atomic E-state index is 13.2. The average Bonchev–Trinajstić information content (AvgIpc) is 3.09. The zero-order valence-corrected chi connectivity index (χ0v) is 17.7. The molecule has 2 aromatic carbocycles. The van der Waals surface area contributed by atoms with Crippen LogP contribution in [0.25, 0.3) is 0 Å². The number of halogens is 2. The Morgan fingerprint density at radius 2 is 1.89 bits per heavy atom. The van der Waals surface area contributed by atoms with E-state index in [9.17, 15) is 8.42 Å². The van der Waals surface area contributed by atoms with Crippen molar-refractivity contribution >= 4 is 34.0 Å². The first-order chi connectivity index (χ1) is 12.4. The van der Waals surface area contributed by atoms with Crippen LogP contribution in [0.3, 0.4) is 0 Å². The predicted octanol–water partition coefficient (Wildman–Crippen LogP) is 3.44. The van der Waals surface area contributed by atoms with Gasteiger partial charge < -0.3 is 10.5 Å². The summed E-state index contributed by atoms with van der Waals surface area (Å²) in [6.45, 7) is 3.00. The fourth-order valence-electron chi connectivity index (χ4n) is 3.55. The Morgan fingerprint density at radius 1 is 1.22 bits per heavy atom. The molecule has 0 aromatic heterocycles. The average molecular weight is 431 g/mol. The third-order valence-corrected chi connectivity index (χ3v) is 7.27. The molecule has 1 aliphatic heterocycles. The number of rotatable bonds is 5. The normalized spacial score (nSPS) is 20.3. The molecule has 0 aliphatic carbocycles. The number of sulfonamides is 1. The van der Waals surface area contributed by atoms with E-state index in [4.69, 9.17) is 22.1 Å². The molecule has 0 bridgehead atoms. The molecule has 2 aromatic rings. The van der Waals surface area contributed by atoms with Crippen molar-refractivity contribution in [1.82, 2.24) is 4.31 Å². The molecule has 1 fully saturated rings. The quantitative estimate of drug-likeness (QED) is 0.787. The van der Waals surface area contributed by atoms with E-state index in [0.717, 1.165) is 5.56 Å². The minimum atomic E-state index is -3.66. The highest BCUT2D eigenvalue weighted by Crippen LogP contribution is 2.37. The van der Waals surface area contributed by atoms with Gasteiger partial charge >= 0.3 is 0 Å². The molecule has 1 heterocycles. The smallest absolute Gasteiger partial charge is 0.243 e. The maximum absolute atomic E-state index is 13.2. The summed E-state index contributed by atoms with van der Waals surface area (Å²) in [5.74, 6) is 0.637. The largest absolute Gasteiger partial charge is 0.495 e. The van der Waals surface area contributed by atoms with Gasteiger partial charge in [0.1, 0.15) is 5.75 Å². The van der Waals surface area contributed by atoms with Crippen molar-refractivity contribution in [3.8, 4) is 5.75 Å². The first kappa shape index (κ1) is 22.0. The van der Waals surface area contributed by atoms with Gasteiger partial charge in [-0.1, -0.05) is 41.9 Å². The van der Waals surface area contributed by atoms with Gasteiger partial charge in [-0.15, -0.1) is 12.4 Å². The van der Waals surface area contributed by atoms with Crippen molar-refractivity contribution in [3.63, 3.8) is 0 Å². The van der Waals surface area contributed by atoms with E-state index in [1.165, 1.54) is 17.5 Å². The number of methoxy groups -OCH3 is 1. The van der Waals surface area contributed by atoms with Crippen molar-refractivity contribution < 1.29 is 13.2 Å². The summed E-state index contributed by atoms with van der Waals surface area (Å²) >= 11 is 6.17. The van der Waals surface area contributed by atoms with Crippen molar-refractivity contribution in [2.75, 3.05) is 26.7 Å². The van der Waals surface area contributed by atoms with Gasteiger partial charge in [0.15, 0.2) is 0 Å². The Balaban J connectivity index is 0.00000261. The second-order valence-electron chi connectivity index (χ2n) is 6.59. The van der Waals surface area contributed by atoms with Gasteiger partial charge in [-0.05, 0) is 42.6 Å². The predicted molar refractivity (Wildman–Crippen MR) is 110 cm³/mol. The number of aryl methyl sites for hydroxylation is 1. The van der Waals surface area contributed by atoms with E-state index in [-0.39, 0.29) is 34.2 Å². The van der Waals surface area contributed by atoms with Crippen LogP contribution < -0.4 is 10.5 Å². The Bertz CT molecular complexity index is 891. The van der Waals surface area contributed by atoms with E-state index in [2.05, 4.69) is 0 Å². The molecule has 0 saturated carbocycles. The Hall–Kier alpha value is -1.31.